The van der Waals surface area contributed by atoms with Gasteiger partial charge >= 0.3 is 6.03 Å². The van der Waals surface area contributed by atoms with Crippen LogP contribution in [0.5, 0.6) is 0 Å². The molecule has 0 aliphatic carbocycles. The minimum Gasteiger partial charge on any atom is -0.319 e. The maximum absolute atomic E-state index is 13.0. The standard InChI is InChI=1S/C21H22N4O7S/c1-4-24(33(3,31)32)16-9-5-14(6-10-16)18(26)13-23-19(27)21(2,22-20(23)28)15-7-11-17(12-8-15)25(29)30/h5-12H,4,13H2,1-3H3,(H,22,28)/t21-/m1/s1. The van der Waals surface area contributed by atoms with Gasteiger partial charge in [-0.3, -0.25) is 28.9 Å². The van der Waals surface area contributed by atoms with Crippen molar-refractivity contribution >= 4 is 39.1 Å². The van der Waals surface area contributed by atoms with Gasteiger partial charge in [0.05, 0.1) is 23.4 Å². The molecule has 0 spiro atoms. The molecule has 11 nitrogen and oxygen atoms in total. The third-order valence-electron chi connectivity index (χ3n) is 5.40. The Morgan fingerprint density at radius 2 is 1.70 bits per heavy atom. The number of hydrogen-bond donors (Lipinski definition) is 1. The van der Waals surface area contributed by atoms with E-state index in [0.717, 1.165) is 11.2 Å². The van der Waals surface area contributed by atoms with Crippen molar-refractivity contribution in [1.82, 2.24) is 10.2 Å². The molecule has 1 fully saturated rings. The highest BCUT2D eigenvalue weighted by molar-refractivity contribution is 7.92. The Hall–Kier alpha value is -3.80. The van der Waals surface area contributed by atoms with Gasteiger partial charge in [0, 0.05) is 24.2 Å². The highest BCUT2D eigenvalue weighted by atomic mass is 32.2. The van der Waals surface area contributed by atoms with Crippen LogP contribution in [0.25, 0.3) is 0 Å². The van der Waals surface area contributed by atoms with Crippen LogP contribution in [0.3, 0.4) is 0 Å². The number of hydrogen-bond acceptors (Lipinski definition) is 7. The van der Waals surface area contributed by atoms with Crippen LogP contribution in [0.2, 0.25) is 0 Å². The molecule has 1 saturated heterocycles. The molecule has 174 valence electrons. The van der Waals surface area contributed by atoms with Gasteiger partial charge in [0.1, 0.15) is 5.54 Å². The van der Waals surface area contributed by atoms with E-state index < -0.39 is 44.8 Å². The van der Waals surface area contributed by atoms with E-state index in [4.69, 9.17) is 0 Å². The zero-order valence-electron chi connectivity index (χ0n) is 18.1. The van der Waals surface area contributed by atoms with Crippen LogP contribution in [0.4, 0.5) is 16.2 Å². The van der Waals surface area contributed by atoms with E-state index in [9.17, 15) is 32.9 Å². The second-order valence-corrected chi connectivity index (χ2v) is 9.56. The maximum atomic E-state index is 13.0. The molecule has 1 aliphatic heterocycles. The fourth-order valence-corrected chi connectivity index (χ4v) is 4.58. The number of non-ortho nitro benzene ring substituents is 1. The number of sulfonamides is 1. The Morgan fingerprint density at radius 1 is 1.12 bits per heavy atom. The number of rotatable bonds is 8. The van der Waals surface area contributed by atoms with Crippen LogP contribution < -0.4 is 9.62 Å². The molecule has 0 unspecified atom stereocenters. The van der Waals surface area contributed by atoms with Crippen molar-refractivity contribution in [2.75, 3.05) is 23.7 Å². The number of nitrogens with one attached hydrogen (secondary N) is 1. The van der Waals surface area contributed by atoms with Gasteiger partial charge < -0.3 is 5.32 Å². The molecule has 0 radical (unpaired) electrons. The minimum atomic E-state index is -3.48. The first-order chi connectivity index (χ1) is 15.4. The Bertz CT molecular complexity index is 1230. The molecule has 1 N–H and O–H groups in total. The van der Waals surface area contributed by atoms with Crippen LogP contribution in [0.1, 0.15) is 29.8 Å². The second kappa shape index (κ2) is 8.62. The number of ketones is 1. The Balaban J connectivity index is 1.78. The molecule has 1 aliphatic rings. The summed E-state index contributed by atoms with van der Waals surface area (Å²) in [6, 6.07) is 10.3. The number of urea groups is 1. The van der Waals surface area contributed by atoms with Crippen LogP contribution in [-0.4, -0.2) is 55.3 Å². The number of Topliss-reactive ketones (excluding diaryl/α,β-unsaturated/α-hetero) is 1. The van der Waals surface area contributed by atoms with Crippen LogP contribution in [-0.2, 0) is 20.4 Å². The molecule has 0 bridgehead atoms. The summed E-state index contributed by atoms with van der Waals surface area (Å²) in [5.41, 5.74) is -0.712. The van der Waals surface area contributed by atoms with E-state index in [1.807, 2.05) is 0 Å². The lowest BCUT2D eigenvalue weighted by Crippen LogP contribution is -2.41. The van der Waals surface area contributed by atoms with Gasteiger partial charge in [0.25, 0.3) is 11.6 Å². The van der Waals surface area contributed by atoms with E-state index in [-0.39, 0.29) is 17.8 Å². The third kappa shape index (κ3) is 4.55. The van der Waals surface area contributed by atoms with Crippen molar-refractivity contribution in [2.45, 2.75) is 19.4 Å². The van der Waals surface area contributed by atoms with E-state index in [2.05, 4.69) is 5.32 Å². The molecule has 1 atom stereocenters. The van der Waals surface area contributed by atoms with Gasteiger partial charge in [-0.1, -0.05) is 0 Å². The van der Waals surface area contributed by atoms with E-state index in [1.165, 1.54) is 59.8 Å². The van der Waals surface area contributed by atoms with Crippen molar-refractivity contribution in [1.29, 1.82) is 0 Å². The van der Waals surface area contributed by atoms with Crippen molar-refractivity contribution in [3.8, 4) is 0 Å². The predicted octanol–water partition coefficient (Wildman–Crippen LogP) is 2.03. The largest absolute Gasteiger partial charge is 0.325 e. The number of nitro benzene ring substituents is 1. The van der Waals surface area contributed by atoms with E-state index >= 15 is 0 Å². The summed E-state index contributed by atoms with van der Waals surface area (Å²) in [4.78, 5) is 49.3. The first kappa shape index (κ1) is 23.9. The average molecular weight is 474 g/mol. The number of nitro groups is 1. The first-order valence-corrected chi connectivity index (χ1v) is 11.7. The number of anilines is 1. The molecule has 3 rings (SSSR count). The summed E-state index contributed by atoms with van der Waals surface area (Å²) < 4.78 is 24.9. The molecule has 0 saturated carbocycles. The predicted molar refractivity (Wildman–Crippen MR) is 119 cm³/mol. The van der Waals surface area contributed by atoms with Crippen LogP contribution in [0, 0.1) is 10.1 Å². The SMILES string of the molecule is CCN(c1ccc(C(=O)CN2C(=O)N[C@](C)(c3ccc([N+](=O)[O-])cc3)C2=O)cc1)S(C)(=O)=O. The smallest absolute Gasteiger partial charge is 0.319 e. The fourth-order valence-electron chi connectivity index (χ4n) is 3.61. The van der Waals surface area contributed by atoms with Gasteiger partial charge in [-0.25, -0.2) is 13.2 Å². The van der Waals surface area contributed by atoms with Crippen molar-refractivity contribution < 1.29 is 27.7 Å². The zero-order valence-corrected chi connectivity index (χ0v) is 19.0. The summed E-state index contributed by atoms with van der Waals surface area (Å²) in [6.07, 6.45) is 1.08. The van der Waals surface area contributed by atoms with Crippen LogP contribution >= 0.6 is 0 Å². The van der Waals surface area contributed by atoms with Gasteiger partial charge in [0.15, 0.2) is 5.78 Å². The molecule has 2 aromatic rings. The third-order valence-corrected chi connectivity index (χ3v) is 6.67. The lowest BCUT2D eigenvalue weighted by Gasteiger charge is -2.22. The molecule has 12 heteroatoms. The number of carbonyl (C=O) groups is 3. The van der Waals surface area contributed by atoms with Crippen molar-refractivity contribution in [2.24, 2.45) is 0 Å². The number of amides is 3. The van der Waals surface area contributed by atoms with Gasteiger partial charge in [-0.15, -0.1) is 0 Å². The summed E-state index contributed by atoms with van der Waals surface area (Å²) >= 11 is 0. The summed E-state index contributed by atoms with van der Waals surface area (Å²) in [5.74, 6) is -1.18. The molecule has 33 heavy (non-hydrogen) atoms. The molecule has 3 amide bonds. The lowest BCUT2D eigenvalue weighted by molar-refractivity contribution is -0.384. The summed E-state index contributed by atoms with van der Waals surface area (Å²) in [5, 5.41) is 13.4. The van der Waals surface area contributed by atoms with Gasteiger partial charge in [-0.2, -0.15) is 0 Å². The Kier molecular flexibility index (Phi) is 6.23. The summed E-state index contributed by atoms with van der Waals surface area (Å²) in [7, 11) is -3.48. The number of imide groups is 1. The zero-order chi connectivity index (χ0) is 24.6. The second-order valence-electron chi connectivity index (χ2n) is 7.65. The lowest BCUT2D eigenvalue weighted by atomic mass is 9.92. The topological polar surface area (TPSA) is 147 Å². The van der Waals surface area contributed by atoms with E-state index in [0.29, 0.717) is 11.3 Å². The maximum Gasteiger partial charge on any atom is 0.325 e. The quantitative estimate of drug-likeness (QED) is 0.266. The highest BCUT2D eigenvalue weighted by Crippen LogP contribution is 2.30. The Labute approximate surface area is 190 Å². The minimum absolute atomic E-state index is 0.160. The van der Waals surface area contributed by atoms with E-state index in [1.54, 1.807) is 6.92 Å². The normalized spacial score (nSPS) is 18.2. The monoisotopic (exact) mass is 474 g/mol. The number of benzene rings is 2. The van der Waals surface area contributed by atoms with Crippen LogP contribution in [0.15, 0.2) is 48.5 Å². The van der Waals surface area contributed by atoms with Gasteiger partial charge in [0.2, 0.25) is 10.0 Å². The summed E-state index contributed by atoms with van der Waals surface area (Å²) in [6.45, 7) is 2.84. The molecular weight excluding hydrogens is 452 g/mol. The average Bonchev–Trinajstić information content (AvgIpc) is 2.97. The van der Waals surface area contributed by atoms with Gasteiger partial charge in [-0.05, 0) is 55.8 Å². The molecule has 2 aromatic carbocycles. The number of carbonyl (C=O) groups excluding carboxylic acids is 3. The highest BCUT2D eigenvalue weighted by Gasteiger charge is 2.49. The molecule has 1 heterocycles. The first-order valence-electron chi connectivity index (χ1n) is 9.88. The van der Waals surface area contributed by atoms with Crippen molar-refractivity contribution in [3.63, 3.8) is 0 Å². The fraction of sp³-hybridized carbons (Fsp3) is 0.286. The number of nitrogens with zero attached hydrogens (tertiary/aromatic N) is 3. The molecule has 0 aromatic heterocycles. The Morgan fingerprint density at radius 3 is 2.18 bits per heavy atom. The molecular formula is C21H22N4O7S. The van der Waals surface area contributed by atoms with Crippen molar-refractivity contribution in [3.05, 3.63) is 69.8 Å².